The highest BCUT2D eigenvalue weighted by Crippen LogP contribution is 2.60. The summed E-state index contributed by atoms with van der Waals surface area (Å²) in [5.41, 5.74) is 0. The van der Waals surface area contributed by atoms with Crippen molar-refractivity contribution in [2.75, 3.05) is 13.2 Å². The number of halogens is 2. The molecule has 2 rings (SSSR count). The quantitative estimate of drug-likeness (QED) is 0.551. The molecule has 11 heavy (non-hydrogen) atoms. The monoisotopic (exact) mass is 196 g/mol. The van der Waals surface area contributed by atoms with Crippen LogP contribution >= 0.6 is 23.2 Å². The maximum Gasteiger partial charge on any atom is 0.154 e. The Labute approximate surface area is 75.8 Å². The Morgan fingerprint density at radius 3 is 2.09 bits per heavy atom. The highest BCUT2D eigenvalue weighted by atomic mass is 35.5. The number of rotatable bonds is 0. The van der Waals surface area contributed by atoms with Crippen LogP contribution in [-0.2, 0) is 9.47 Å². The molecule has 0 aromatic rings. The van der Waals surface area contributed by atoms with Crippen LogP contribution in [0.15, 0.2) is 0 Å². The molecular weight excluding hydrogens is 187 g/mol. The Kier molecular flexibility index (Phi) is 1.84. The number of hydrogen-bond donors (Lipinski definition) is 0. The van der Waals surface area contributed by atoms with E-state index in [0.29, 0.717) is 13.2 Å². The van der Waals surface area contributed by atoms with Crippen LogP contribution < -0.4 is 0 Å². The fraction of sp³-hybridized carbons (Fsp3) is 1.00. The van der Waals surface area contributed by atoms with Crippen LogP contribution in [0.2, 0.25) is 0 Å². The van der Waals surface area contributed by atoms with Gasteiger partial charge in [0.25, 0.3) is 0 Å². The largest absolute Gasteiger partial charge is 0.353 e. The Hall–Kier alpha value is 0.500. The molecule has 0 unspecified atom stereocenters. The molecule has 4 heteroatoms. The summed E-state index contributed by atoms with van der Waals surface area (Å²) < 4.78 is 10.0. The summed E-state index contributed by atoms with van der Waals surface area (Å²) in [4.78, 5) is 0. The summed E-state index contributed by atoms with van der Waals surface area (Å²) in [6, 6.07) is 0. The number of alkyl halides is 2. The van der Waals surface area contributed by atoms with Crippen LogP contribution in [0.1, 0.15) is 6.92 Å². The zero-order chi connectivity index (χ0) is 8.06. The van der Waals surface area contributed by atoms with Crippen molar-refractivity contribution in [2.24, 2.45) is 11.8 Å². The lowest BCUT2D eigenvalue weighted by atomic mass is 10.3. The minimum atomic E-state index is -0.583. The van der Waals surface area contributed by atoms with Crippen LogP contribution in [0, 0.1) is 11.8 Å². The van der Waals surface area contributed by atoms with Gasteiger partial charge in [-0.1, -0.05) is 0 Å². The second-order valence-corrected chi connectivity index (χ2v) is 4.57. The fourth-order valence-corrected chi connectivity index (χ4v) is 2.18. The van der Waals surface area contributed by atoms with E-state index in [0.717, 1.165) is 0 Å². The minimum Gasteiger partial charge on any atom is -0.353 e. The molecule has 2 fully saturated rings. The van der Waals surface area contributed by atoms with Crippen LogP contribution in [0.4, 0.5) is 0 Å². The molecule has 0 N–H and O–H groups in total. The van der Waals surface area contributed by atoms with E-state index in [1.807, 2.05) is 6.92 Å². The molecule has 1 heterocycles. The van der Waals surface area contributed by atoms with Crippen molar-refractivity contribution >= 4 is 23.2 Å². The lowest BCUT2D eigenvalue weighted by Gasteiger charge is -2.12. The van der Waals surface area contributed by atoms with Crippen molar-refractivity contribution < 1.29 is 9.47 Å². The third-order valence-electron chi connectivity index (χ3n) is 2.39. The first-order valence-corrected chi connectivity index (χ1v) is 4.49. The third kappa shape index (κ3) is 1.26. The SMILES string of the molecule is CC1OC[C@H]2[C@H](CO1)C2(Cl)Cl. The van der Waals surface area contributed by atoms with E-state index in [-0.39, 0.29) is 18.1 Å². The molecule has 0 spiro atoms. The first-order chi connectivity index (χ1) is 5.12. The smallest absolute Gasteiger partial charge is 0.154 e. The topological polar surface area (TPSA) is 18.5 Å². The van der Waals surface area contributed by atoms with Gasteiger partial charge in [0.05, 0.1) is 13.2 Å². The predicted molar refractivity (Wildman–Crippen MR) is 42.8 cm³/mol. The van der Waals surface area contributed by atoms with Gasteiger partial charge in [-0.15, -0.1) is 23.2 Å². The predicted octanol–water partition coefficient (Wildman–Crippen LogP) is 1.80. The second kappa shape index (κ2) is 2.49. The first-order valence-electron chi connectivity index (χ1n) is 3.73. The standard InChI is InChI=1S/C7H10Cl2O2/c1-4-10-2-5-6(3-11-4)7(5,8)9/h4-6H,2-3H2,1H3/t5-,6-/m0/s1. The molecular formula is C7H10Cl2O2. The van der Waals surface area contributed by atoms with Crippen LogP contribution in [-0.4, -0.2) is 23.8 Å². The van der Waals surface area contributed by atoms with Crippen LogP contribution in [0.3, 0.4) is 0 Å². The van der Waals surface area contributed by atoms with Gasteiger partial charge in [-0.2, -0.15) is 0 Å². The van der Waals surface area contributed by atoms with Gasteiger partial charge in [-0.05, 0) is 6.92 Å². The van der Waals surface area contributed by atoms with Gasteiger partial charge >= 0.3 is 0 Å². The zero-order valence-corrected chi connectivity index (χ0v) is 7.73. The highest BCUT2D eigenvalue weighted by molar-refractivity contribution is 6.51. The average Bonchev–Trinajstić information content (AvgIpc) is 2.51. The molecule has 0 aromatic carbocycles. The molecule has 0 aromatic heterocycles. The minimum absolute atomic E-state index is 0.105. The van der Waals surface area contributed by atoms with E-state index >= 15 is 0 Å². The maximum absolute atomic E-state index is 5.94. The summed E-state index contributed by atoms with van der Waals surface area (Å²) in [5.74, 6) is 0.548. The lowest BCUT2D eigenvalue weighted by molar-refractivity contribution is -0.121. The molecule has 1 aliphatic carbocycles. The summed E-state index contributed by atoms with van der Waals surface area (Å²) in [6.07, 6.45) is -0.105. The highest BCUT2D eigenvalue weighted by Gasteiger charge is 2.64. The van der Waals surface area contributed by atoms with E-state index in [4.69, 9.17) is 32.7 Å². The van der Waals surface area contributed by atoms with E-state index in [2.05, 4.69) is 0 Å². The van der Waals surface area contributed by atoms with Crippen molar-refractivity contribution in [1.29, 1.82) is 0 Å². The molecule has 2 aliphatic rings. The Morgan fingerprint density at radius 1 is 1.18 bits per heavy atom. The summed E-state index contributed by atoms with van der Waals surface area (Å²) >= 11 is 11.9. The molecule has 64 valence electrons. The fourth-order valence-electron chi connectivity index (χ4n) is 1.44. The zero-order valence-electron chi connectivity index (χ0n) is 6.22. The number of hydrogen-bond acceptors (Lipinski definition) is 2. The van der Waals surface area contributed by atoms with Crippen LogP contribution in [0.25, 0.3) is 0 Å². The van der Waals surface area contributed by atoms with Gasteiger partial charge in [-0.3, -0.25) is 0 Å². The summed E-state index contributed by atoms with van der Waals surface area (Å²) in [5, 5.41) is 0. The molecule has 0 amide bonds. The van der Waals surface area contributed by atoms with Gasteiger partial charge in [0, 0.05) is 11.8 Å². The number of fused-ring (bicyclic) bond motifs is 1. The van der Waals surface area contributed by atoms with Crippen molar-refractivity contribution in [1.82, 2.24) is 0 Å². The Balaban J connectivity index is 1.98. The van der Waals surface area contributed by atoms with E-state index in [1.54, 1.807) is 0 Å². The molecule has 0 bridgehead atoms. The first kappa shape index (κ1) is 8.11. The Bertz CT molecular complexity index is 156. The molecule has 1 saturated heterocycles. The van der Waals surface area contributed by atoms with E-state index in [1.165, 1.54) is 0 Å². The number of ether oxygens (including phenoxy) is 2. The summed E-state index contributed by atoms with van der Waals surface area (Å²) in [7, 11) is 0. The maximum atomic E-state index is 5.94. The van der Waals surface area contributed by atoms with Crippen molar-refractivity contribution in [3.8, 4) is 0 Å². The van der Waals surface area contributed by atoms with Gasteiger partial charge < -0.3 is 9.47 Å². The normalized spacial score (nSPS) is 42.8. The second-order valence-electron chi connectivity index (χ2n) is 3.12. The molecule has 0 radical (unpaired) electrons. The summed E-state index contributed by atoms with van der Waals surface area (Å²) in [6.45, 7) is 3.13. The third-order valence-corrected chi connectivity index (χ3v) is 3.51. The van der Waals surface area contributed by atoms with Crippen molar-refractivity contribution in [3.63, 3.8) is 0 Å². The molecule has 1 aliphatic heterocycles. The average molecular weight is 197 g/mol. The Morgan fingerprint density at radius 2 is 1.64 bits per heavy atom. The molecule has 2 atom stereocenters. The lowest BCUT2D eigenvalue weighted by Crippen LogP contribution is -2.15. The molecule has 1 saturated carbocycles. The van der Waals surface area contributed by atoms with Crippen molar-refractivity contribution in [2.45, 2.75) is 17.5 Å². The van der Waals surface area contributed by atoms with Gasteiger partial charge in [0.2, 0.25) is 0 Å². The van der Waals surface area contributed by atoms with E-state index in [9.17, 15) is 0 Å². The van der Waals surface area contributed by atoms with Gasteiger partial charge in [-0.25, -0.2) is 0 Å². The van der Waals surface area contributed by atoms with Gasteiger partial charge in [0.1, 0.15) is 4.33 Å². The molecule has 2 nitrogen and oxygen atoms in total. The van der Waals surface area contributed by atoms with Crippen LogP contribution in [0.5, 0.6) is 0 Å². The van der Waals surface area contributed by atoms with Crippen molar-refractivity contribution in [3.05, 3.63) is 0 Å². The van der Waals surface area contributed by atoms with Gasteiger partial charge in [0.15, 0.2) is 6.29 Å². The van der Waals surface area contributed by atoms with E-state index < -0.39 is 4.33 Å².